The maximum atomic E-state index is 5.57. The maximum Gasteiger partial charge on any atom is 0.123 e. The molecule has 0 radical (unpaired) electrons. The number of hydrogen-bond acceptors (Lipinski definition) is 5. The number of hydrogen-bond donors (Lipinski definition) is 0. The van der Waals surface area contributed by atoms with Gasteiger partial charge in [-0.15, -0.1) is 0 Å². The first kappa shape index (κ1) is 20.2. The standard InChI is InChI=1S/C24H33N3O2/c1-25(2)16-20-14-19(8-9-24(20)28-3)15-27-18-21(17-26-10-12-29-13-11-26)22-6-4-5-7-23(22)27/h4-9,14,21H,10-13,15-18H2,1-3H3/t21-/m1/s1. The Morgan fingerprint density at radius 1 is 1.10 bits per heavy atom. The molecule has 0 amide bonds. The van der Waals surface area contributed by atoms with Gasteiger partial charge in [0.25, 0.3) is 0 Å². The highest BCUT2D eigenvalue weighted by Gasteiger charge is 2.30. The van der Waals surface area contributed by atoms with Gasteiger partial charge in [0.15, 0.2) is 0 Å². The van der Waals surface area contributed by atoms with E-state index in [9.17, 15) is 0 Å². The molecule has 156 valence electrons. The first-order valence-corrected chi connectivity index (χ1v) is 10.6. The number of anilines is 1. The Labute approximate surface area is 174 Å². The fourth-order valence-corrected chi connectivity index (χ4v) is 4.60. The first-order chi connectivity index (χ1) is 14.1. The molecule has 0 aromatic heterocycles. The van der Waals surface area contributed by atoms with Crippen molar-refractivity contribution in [1.29, 1.82) is 0 Å². The van der Waals surface area contributed by atoms with Crippen molar-refractivity contribution >= 4 is 5.69 Å². The van der Waals surface area contributed by atoms with E-state index in [1.165, 1.54) is 22.4 Å². The zero-order valence-corrected chi connectivity index (χ0v) is 17.9. The summed E-state index contributed by atoms with van der Waals surface area (Å²) >= 11 is 0. The zero-order chi connectivity index (χ0) is 20.2. The highest BCUT2D eigenvalue weighted by atomic mass is 16.5. The highest BCUT2D eigenvalue weighted by Crippen LogP contribution is 2.38. The largest absolute Gasteiger partial charge is 0.496 e. The van der Waals surface area contributed by atoms with E-state index in [1.807, 2.05) is 0 Å². The number of ether oxygens (including phenoxy) is 2. The lowest BCUT2D eigenvalue weighted by Gasteiger charge is -2.29. The molecular formula is C24H33N3O2. The third kappa shape index (κ3) is 4.74. The molecule has 5 heteroatoms. The van der Waals surface area contributed by atoms with Crippen LogP contribution in [0.4, 0.5) is 5.69 Å². The van der Waals surface area contributed by atoms with E-state index in [1.54, 1.807) is 7.11 Å². The summed E-state index contributed by atoms with van der Waals surface area (Å²) < 4.78 is 11.1. The molecule has 0 aliphatic carbocycles. The lowest BCUT2D eigenvalue weighted by atomic mass is 10.0. The van der Waals surface area contributed by atoms with Crippen LogP contribution >= 0.6 is 0 Å². The summed E-state index contributed by atoms with van der Waals surface area (Å²) in [5.74, 6) is 1.53. The van der Waals surface area contributed by atoms with Crippen LogP contribution in [0.2, 0.25) is 0 Å². The second kappa shape index (κ2) is 9.16. The molecule has 0 bridgehead atoms. The van der Waals surface area contributed by atoms with Crippen LogP contribution in [0.25, 0.3) is 0 Å². The molecule has 0 unspecified atom stereocenters. The molecule has 2 aromatic rings. The van der Waals surface area contributed by atoms with Gasteiger partial charge in [-0.25, -0.2) is 0 Å². The van der Waals surface area contributed by atoms with E-state index in [-0.39, 0.29) is 0 Å². The van der Waals surface area contributed by atoms with Gasteiger partial charge in [0.05, 0.1) is 20.3 Å². The smallest absolute Gasteiger partial charge is 0.123 e. The Balaban J connectivity index is 1.51. The van der Waals surface area contributed by atoms with Gasteiger partial charge in [0, 0.05) is 56.4 Å². The molecule has 0 N–H and O–H groups in total. The van der Waals surface area contributed by atoms with E-state index in [0.717, 1.165) is 58.2 Å². The predicted octanol–water partition coefficient (Wildman–Crippen LogP) is 3.19. The van der Waals surface area contributed by atoms with Gasteiger partial charge < -0.3 is 19.3 Å². The van der Waals surface area contributed by atoms with E-state index in [2.05, 4.69) is 71.3 Å². The fraction of sp³-hybridized carbons (Fsp3) is 0.500. The Morgan fingerprint density at radius 3 is 2.66 bits per heavy atom. The van der Waals surface area contributed by atoms with Gasteiger partial charge in [0.1, 0.15) is 5.75 Å². The number of rotatable bonds is 7. The van der Waals surface area contributed by atoms with Gasteiger partial charge in [-0.3, -0.25) is 4.90 Å². The number of para-hydroxylation sites is 1. The second-order valence-corrected chi connectivity index (χ2v) is 8.43. The Bertz CT molecular complexity index is 818. The lowest BCUT2D eigenvalue weighted by molar-refractivity contribution is 0.0356. The van der Waals surface area contributed by atoms with Crippen molar-refractivity contribution in [1.82, 2.24) is 9.80 Å². The van der Waals surface area contributed by atoms with Gasteiger partial charge in [-0.05, 0) is 43.4 Å². The van der Waals surface area contributed by atoms with E-state index < -0.39 is 0 Å². The second-order valence-electron chi connectivity index (χ2n) is 8.43. The van der Waals surface area contributed by atoms with E-state index in [0.29, 0.717) is 5.92 Å². The van der Waals surface area contributed by atoms with Crippen LogP contribution in [0, 0.1) is 0 Å². The van der Waals surface area contributed by atoms with Crippen molar-refractivity contribution in [2.45, 2.75) is 19.0 Å². The molecule has 2 aliphatic heterocycles. The highest BCUT2D eigenvalue weighted by molar-refractivity contribution is 5.60. The minimum Gasteiger partial charge on any atom is -0.496 e. The normalized spacial score (nSPS) is 19.6. The van der Waals surface area contributed by atoms with Crippen LogP contribution in [-0.2, 0) is 17.8 Å². The monoisotopic (exact) mass is 395 g/mol. The van der Waals surface area contributed by atoms with Crippen molar-refractivity contribution in [3.63, 3.8) is 0 Å². The Hall–Kier alpha value is -2.08. The summed E-state index contributed by atoms with van der Waals surface area (Å²) in [5.41, 5.74) is 5.45. The van der Waals surface area contributed by atoms with Crippen molar-refractivity contribution in [3.8, 4) is 5.75 Å². The summed E-state index contributed by atoms with van der Waals surface area (Å²) in [4.78, 5) is 7.28. The van der Waals surface area contributed by atoms with Gasteiger partial charge >= 0.3 is 0 Å². The summed E-state index contributed by atoms with van der Waals surface area (Å²) in [7, 11) is 5.94. The Morgan fingerprint density at radius 2 is 1.90 bits per heavy atom. The average Bonchev–Trinajstić information content (AvgIpc) is 3.06. The summed E-state index contributed by atoms with van der Waals surface area (Å²) in [6.07, 6.45) is 0. The molecule has 4 rings (SSSR count). The summed E-state index contributed by atoms with van der Waals surface area (Å²) in [6, 6.07) is 15.5. The Kier molecular flexibility index (Phi) is 6.38. The van der Waals surface area contributed by atoms with Crippen molar-refractivity contribution < 1.29 is 9.47 Å². The van der Waals surface area contributed by atoms with Crippen LogP contribution in [0.1, 0.15) is 22.6 Å². The van der Waals surface area contributed by atoms with Gasteiger partial charge in [-0.1, -0.05) is 24.3 Å². The molecule has 2 aromatic carbocycles. The molecule has 5 nitrogen and oxygen atoms in total. The molecule has 1 fully saturated rings. The van der Waals surface area contributed by atoms with Gasteiger partial charge in [-0.2, -0.15) is 0 Å². The van der Waals surface area contributed by atoms with E-state index in [4.69, 9.17) is 9.47 Å². The topological polar surface area (TPSA) is 28.2 Å². The summed E-state index contributed by atoms with van der Waals surface area (Å²) in [5, 5.41) is 0. The van der Waals surface area contributed by atoms with Crippen LogP contribution in [0.5, 0.6) is 5.75 Å². The molecule has 0 spiro atoms. The molecule has 2 aliphatic rings. The number of nitrogens with zero attached hydrogens (tertiary/aromatic N) is 3. The molecule has 0 saturated carbocycles. The number of fused-ring (bicyclic) bond motifs is 1. The van der Waals surface area contributed by atoms with Gasteiger partial charge in [0.2, 0.25) is 0 Å². The molecule has 2 heterocycles. The first-order valence-electron chi connectivity index (χ1n) is 10.6. The fourth-order valence-electron chi connectivity index (χ4n) is 4.60. The number of methoxy groups -OCH3 is 1. The van der Waals surface area contributed by atoms with Crippen LogP contribution in [0.3, 0.4) is 0 Å². The minimum atomic E-state index is 0.559. The zero-order valence-electron chi connectivity index (χ0n) is 17.9. The third-order valence-corrected chi connectivity index (χ3v) is 5.95. The van der Waals surface area contributed by atoms with Crippen molar-refractivity contribution in [2.24, 2.45) is 0 Å². The van der Waals surface area contributed by atoms with E-state index >= 15 is 0 Å². The maximum absolute atomic E-state index is 5.57. The summed E-state index contributed by atoms with van der Waals surface area (Å²) in [6.45, 7) is 7.82. The minimum absolute atomic E-state index is 0.559. The van der Waals surface area contributed by atoms with Crippen molar-refractivity contribution in [2.75, 3.05) is 65.5 Å². The van der Waals surface area contributed by atoms with Crippen LogP contribution < -0.4 is 9.64 Å². The molecule has 29 heavy (non-hydrogen) atoms. The number of morpholine rings is 1. The lowest BCUT2D eigenvalue weighted by Crippen LogP contribution is -2.39. The quantitative estimate of drug-likeness (QED) is 0.718. The number of benzene rings is 2. The molecular weight excluding hydrogens is 362 g/mol. The predicted molar refractivity (Wildman–Crippen MR) is 118 cm³/mol. The van der Waals surface area contributed by atoms with Crippen molar-refractivity contribution in [3.05, 3.63) is 59.2 Å². The third-order valence-electron chi connectivity index (χ3n) is 5.95. The average molecular weight is 396 g/mol. The SMILES string of the molecule is COc1ccc(CN2C[C@@H](CN3CCOCC3)c3ccccc32)cc1CN(C)C. The molecule has 1 atom stereocenters. The van der Waals surface area contributed by atoms with Crippen LogP contribution in [0.15, 0.2) is 42.5 Å². The van der Waals surface area contributed by atoms with Crippen LogP contribution in [-0.4, -0.2) is 70.4 Å². The molecule has 1 saturated heterocycles.